The van der Waals surface area contributed by atoms with Gasteiger partial charge in [-0.05, 0) is 31.5 Å². The molecule has 0 radical (unpaired) electrons. The fraction of sp³-hybridized carbons (Fsp3) is 0.250. The average Bonchev–Trinajstić information content (AvgIpc) is 2.42. The van der Waals surface area contributed by atoms with E-state index in [2.05, 4.69) is 5.32 Å². The largest absolute Gasteiger partial charge is 0.394 e. The summed E-state index contributed by atoms with van der Waals surface area (Å²) in [4.78, 5) is 0. The molecule has 19 heavy (non-hydrogen) atoms. The van der Waals surface area contributed by atoms with Crippen LogP contribution in [0.5, 0.6) is 0 Å². The minimum atomic E-state index is -0.557. The number of hydrogen-bond acceptors (Lipinski definition) is 2. The van der Waals surface area contributed by atoms with Crippen LogP contribution in [0.1, 0.15) is 18.1 Å². The summed E-state index contributed by atoms with van der Waals surface area (Å²) < 4.78 is 0. The van der Waals surface area contributed by atoms with Gasteiger partial charge in [0.1, 0.15) is 0 Å². The van der Waals surface area contributed by atoms with Gasteiger partial charge in [0.05, 0.1) is 22.9 Å². The molecule has 0 aliphatic heterocycles. The van der Waals surface area contributed by atoms with Gasteiger partial charge in [-0.3, -0.25) is 0 Å². The van der Waals surface area contributed by atoms with Crippen LogP contribution >= 0.6 is 11.6 Å². The van der Waals surface area contributed by atoms with Crippen molar-refractivity contribution in [3.8, 4) is 0 Å². The number of rotatable bonds is 4. The first-order chi connectivity index (χ1) is 9.05. The summed E-state index contributed by atoms with van der Waals surface area (Å²) in [6.45, 7) is 3.99. The topological polar surface area (TPSA) is 32.3 Å². The smallest absolute Gasteiger partial charge is 0.0828 e. The molecule has 3 heteroatoms. The molecular formula is C16H18ClNO. The van der Waals surface area contributed by atoms with E-state index in [9.17, 15) is 5.11 Å². The number of aliphatic hydroxyl groups is 1. The van der Waals surface area contributed by atoms with Crippen LogP contribution in [-0.2, 0) is 5.54 Å². The molecule has 0 saturated heterocycles. The van der Waals surface area contributed by atoms with Crippen molar-refractivity contribution in [3.05, 3.63) is 64.7 Å². The predicted molar refractivity (Wildman–Crippen MR) is 80.7 cm³/mol. The van der Waals surface area contributed by atoms with Gasteiger partial charge in [-0.15, -0.1) is 0 Å². The number of para-hydroxylation sites is 1. The molecule has 0 aromatic heterocycles. The Morgan fingerprint density at radius 2 is 1.74 bits per heavy atom. The van der Waals surface area contributed by atoms with E-state index >= 15 is 0 Å². The van der Waals surface area contributed by atoms with Crippen LogP contribution in [0.2, 0.25) is 5.02 Å². The van der Waals surface area contributed by atoms with Crippen molar-refractivity contribution in [2.24, 2.45) is 0 Å². The summed E-state index contributed by atoms with van der Waals surface area (Å²) in [5.41, 5.74) is 2.49. The molecule has 2 aromatic rings. The van der Waals surface area contributed by atoms with Gasteiger partial charge >= 0.3 is 0 Å². The Bertz CT molecular complexity index is 553. The maximum absolute atomic E-state index is 9.75. The quantitative estimate of drug-likeness (QED) is 0.885. The standard InChI is InChI=1S/C16H18ClNO/c1-12-7-9-13(10-8-12)16(2,11-19)18-15-6-4-3-5-14(15)17/h3-10,18-19H,11H2,1-2H3. The van der Waals surface area contributed by atoms with Crippen molar-refractivity contribution in [2.75, 3.05) is 11.9 Å². The molecule has 0 heterocycles. The first kappa shape index (κ1) is 13.9. The van der Waals surface area contributed by atoms with Gasteiger partial charge in [-0.25, -0.2) is 0 Å². The lowest BCUT2D eigenvalue weighted by molar-refractivity contribution is 0.224. The third-order valence-electron chi connectivity index (χ3n) is 3.29. The number of halogens is 1. The first-order valence-corrected chi connectivity index (χ1v) is 6.64. The summed E-state index contributed by atoms with van der Waals surface area (Å²) in [5, 5.41) is 13.7. The number of benzene rings is 2. The molecule has 0 amide bonds. The van der Waals surface area contributed by atoms with Crippen molar-refractivity contribution >= 4 is 17.3 Å². The monoisotopic (exact) mass is 275 g/mol. The number of hydrogen-bond donors (Lipinski definition) is 2. The Morgan fingerprint density at radius 1 is 1.11 bits per heavy atom. The zero-order valence-corrected chi connectivity index (χ0v) is 11.9. The van der Waals surface area contributed by atoms with E-state index < -0.39 is 5.54 Å². The highest BCUT2D eigenvalue weighted by Crippen LogP contribution is 2.30. The fourth-order valence-corrected chi connectivity index (χ4v) is 2.17. The average molecular weight is 276 g/mol. The van der Waals surface area contributed by atoms with Gasteiger partial charge in [-0.1, -0.05) is 53.6 Å². The second kappa shape index (κ2) is 5.64. The van der Waals surface area contributed by atoms with Crippen LogP contribution in [-0.4, -0.2) is 11.7 Å². The van der Waals surface area contributed by atoms with Crippen molar-refractivity contribution in [1.29, 1.82) is 0 Å². The van der Waals surface area contributed by atoms with Gasteiger partial charge in [-0.2, -0.15) is 0 Å². The molecule has 0 aliphatic rings. The molecule has 100 valence electrons. The zero-order valence-electron chi connectivity index (χ0n) is 11.2. The third-order valence-corrected chi connectivity index (χ3v) is 3.62. The van der Waals surface area contributed by atoms with Crippen LogP contribution < -0.4 is 5.32 Å². The molecule has 2 N–H and O–H groups in total. The zero-order chi connectivity index (χ0) is 13.9. The van der Waals surface area contributed by atoms with Crippen molar-refractivity contribution in [2.45, 2.75) is 19.4 Å². The number of aryl methyl sites for hydroxylation is 1. The van der Waals surface area contributed by atoms with Gasteiger partial charge in [0.2, 0.25) is 0 Å². The lowest BCUT2D eigenvalue weighted by Crippen LogP contribution is -2.35. The molecular weight excluding hydrogens is 258 g/mol. The van der Waals surface area contributed by atoms with E-state index in [0.29, 0.717) is 5.02 Å². The maximum atomic E-state index is 9.75. The third kappa shape index (κ3) is 3.09. The summed E-state index contributed by atoms with van der Waals surface area (Å²) in [6.07, 6.45) is 0. The highest BCUT2D eigenvalue weighted by atomic mass is 35.5. The van der Waals surface area contributed by atoms with Crippen LogP contribution in [0.3, 0.4) is 0 Å². The lowest BCUT2D eigenvalue weighted by Gasteiger charge is -2.31. The Hall–Kier alpha value is -1.51. The van der Waals surface area contributed by atoms with Gasteiger partial charge in [0.25, 0.3) is 0 Å². The Kier molecular flexibility index (Phi) is 4.13. The van der Waals surface area contributed by atoms with E-state index in [1.54, 1.807) is 0 Å². The van der Waals surface area contributed by atoms with Crippen LogP contribution in [0.15, 0.2) is 48.5 Å². The molecule has 0 bridgehead atoms. The van der Waals surface area contributed by atoms with Crippen molar-refractivity contribution in [3.63, 3.8) is 0 Å². The highest BCUT2D eigenvalue weighted by molar-refractivity contribution is 6.33. The van der Waals surface area contributed by atoms with E-state index in [4.69, 9.17) is 11.6 Å². The van der Waals surface area contributed by atoms with Crippen LogP contribution in [0.25, 0.3) is 0 Å². The fourth-order valence-electron chi connectivity index (χ4n) is 1.98. The molecule has 2 rings (SSSR count). The number of anilines is 1. The Labute approximate surface area is 119 Å². The summed E-state index contributed by atoms with van der Waals surface area (Å²) >= 11 is 6.16. The molecule has 0 aliphatic carbocycles. The Balaban J connectivity index is 2.33. The van der Waals surface area contributed by atoms with Gasteiger partial charge in [0, 0.05) is 0 Å². The van der Waals surface area contributed by atoms with Crippen LogP contribution in [0, 0.1) is 6.92 Å². The SMILES string of the molecule is Cc1ccc(C(C)(CO)Nc2ccccc2Cl)cc1. The molecule has 1 atom stereocenters. The van der Waals surface area contributed by atoms with Gasteiger partial charge in [0.15, 0.2) is 0 Å². The normalized spacial score (nSPS) is 13.9. The lowest BCUT2D eigenvalue weighted by atomic mass is 9.92. The highest BCUT2D eigenvalue weighted by Gasteiger charge is 2.26. The van der Waals surface area contributed by atoms with E-state index in [1.165, 1.54) is 5.56 Å². The van der Waals surface area contributed by atoms with Gasteiger partial charge < -0.3 is 10.4 Å². The second-order valence-corrected chi connectivity index (χ2v) is 5.37. The first-order valence-electron chi connectivity index (χ1n) is 6.26. The second-order valence-electron chi connectivity index (χ2n) is 4.96. The summed E-state index contributed by atoms with van der Waals surface area (Å²) in [5.74, 6) is 0. The Morgan fingerprint density at radius 3 is 2.32 bits per heavy atom. The molecule has 0 saturated carbocycles. The van der Waals surface area contributed by atoms with Crippen LogP contribution in [0.4, 0.5) is 5.69 Å². The summed E-state index contributed by atoms with van der Waals surface area (Å²) in [6, 6.07) is 15.7. The van der Waals surface area contributed by atoms with E-state index in [-0.39, 0.29) is 6.61 Å². The molecule has 1 unspecified atom stereocenters. The molecule has 2 nitrogen and oxygen atoms in total. The summed E-state index contributed by atoms with van der Waals surface area (Å²) in [7, 11) is 0. The number of aliphatic hydroxyl groups excluding tert-OH is 1. The predicted octanol–water partition coefficient (Wildman–Crippen LogP) is 3.97. The number of nitrogens with one attached hydrogen (secondary N) is 1. The minimum Gasteiger partial charge on any atom is -0.394 e. The maximum Gasteiger partial charge on any atom is 0.0828 e. The van der Waals surface area contributed by atoms with E-state index in [0.717, 1.165) is 11.3 Å². The molecule has 0 spiro atoms. The molecule has 0 fully saturated rings. The van der Waals surface area contributed by atoms with Crippen molar-refractivity contribution in [1.82, 2.24) is 0 Å². The van der Waals surface area contributed by atoms with E-state index in [1.807, 2.05) is 62.4 Å². The van der Waals surface area contributed by atoms with Crippen molar-refractivity contribution < 1.29 is 5.11 Å². The minimum absolute atomic E-state index is 0.0126. The molecule has 2 aromatic carbocycles.